The Morgan fingerprint density at radius 2 is 1.75 bits per heavy atom. The molecule has 28 heavy (non-hydrogen) atoms. The van der Waals surface area contributed by atoms with Crippen LogP contribution in [0, 0.1) is 6.92 Å². The highest BCUT2D eigenvalue weighted by Crippen LogP contribution is 2.24. The Morgan fingerprint density at radius 1 is 1.04 bits per heavy atom. The predicted octanol–water partition coefficient (Wildman–Crippen LogP) is 5.79. The van der Waals surface area contributed by atoms with E-state index in [-0.39, 0.29) is 5.91 Å². The molecule has 4 aromatic rings. The number of fused-ring (bicyclic) bond motifs is 1. The first-order valence-corrected chi connectivity index (χ1v) is 9.54. The average molecular weight is 410 g/mol. The largest absolute Gasteiger partial charge is 0.306 e. The van der Waals surface area contributed by atoms with E-state index >= 15 is 0 Å². The van der Waals surface area contributed by atoms with Gasteiger partial charge in [0.1, 0.15) is 11.5 Å². The van der Waals surface area contributed by atoms with E-state index in [1.165, 1.54) is 0 Å². The van der Waals surface area contributed by atoms with Crippen molar-refractivity contribution in [2.24, 2.45) is 0 Å². The molecule has 0 aliphatic carbocycles. The Balaban J connectivity index is 1.76. The lowest BCUT2D eigenvalue weighted by molar-refractivity contribution is 0.102. The highest BCUT2D eigenvalue weighted by Gasteiger charge is 2.17. The van der Waals surface area contributed by atoms with Crippen LogP contribution in [0.1, 0.15) is 27.2 Å². The van der Waals surface area contributed by atoms with Gasteiger partial charge in [0.05, 0.1) is 5.69 Å². The SMILES string of the molecule is Cc1ccc2nc(Cc3ccccc3)c(NC(=O)c3cc(Cl)cc(Cl)c3)n2c1. The average Bonchev–Trinajstić information content (AvgIpc) is 2.98. The number of pyridine rings is 1. The molecule has 0 atom stereocenters. The van der Waals surface area contributed by atoms with E-state index in [1.54, 1.807) is 18.2 Å². The van der Waals surface area contributed by atoms with Crippen LogP contribution in [-0.2, 0) is 6.42 Å². The Labute approximate surface area is 172 Å². The topological polar surface area (TPSA) is 46.4 Å². The molecule has 0 saturated carbocycles. The molecule has 0 spiro atoms. The van der Waals surface area contributed by atoms with Crippen LogP contribution in [0.3, 0.4) is 0 Å². The van der Waals surface area contributed by atoms with Crippen LogP contribution in [0.2, 0.25) is 10.0 Å². The molecule has 4 rings (SSSR count). The van der Waals surface area contributed by atoms with Crippen LogP contribution in [0.15, 0.2) is 66.9 Å². The Bertz CT molecular complexity index is 1150. The maximum absolute atomic E-state index is 12.9. The molecule has 2 aromatic heterocycles. The Morgan fingerprint density at radius 3 is 2.46 bits per heavy atom. The number of hydrogen-bond donors (Lipinski definition) is 1. The third-order valence-electron chi connectivity index (χ3n) is 4.41. The molecular weight excluding hydrogens is 393 g/mol. The maximum Gasteiger partial charge on any atom is 0.256 e. The molecule has 6 heteroatoms. The van der Waals surface area contributed by atoms with Gasteiger partial charge in [-0.2, -0.15) is 0 Å². The molecule has 2 heterocycles. The van der Waals surface area contributed by atoms with Crippen LogP contribution in [0.25, 0.3) is 5.65 Å². The number of imidazole rings is 1. The number of halogens is 2. The van der Waals surface area contributed by atoms with Gasteiger partial charge in [0.25, 0.3) is 5.91 Å². The minimum absolute atomic E-state index is 0.290. The zero-order valence-electron chi connectivity index (χ0n) is 15.1. The van der Waals surface area contributed by atoms with Crippen LogP contribution in [0.4, 0.5) is 5.82 Å². The normalized spacial score (nSPS) is 11.0. The molecule has 2 aromatic carbocycles. The van der Waals surface area contributed by atoms with Crippen molar-refractivity contribution in [2.75, 3.05) is 5.32 Å². The number of nitrogens with one attached hydrogen (secondary N) is 1. The molecule has 1 N–H and O–H groups in total. The maximum atomic E-state index is 12.9. The van der Waals surface area contributed by atoms with Gasteiger partial charge < -0.3 is 5.32 Å². The minimum Gasteiger partial charge on any atom is -0.306 e. The molecule has 4 nitrogen and oxygen atoms in total. The van der Waals surface area contributed by atoms with E-state index in [4.69, 9.17) is 28.2 Å². The van der Waals surface area contributed by atoms with Crippen molar-refractivity contribution in [3.63, 3.8) is 0 Å². The van der Waals surface area contributed by atoms with Crippen molar-refractivity contribution >= 4 is 40.6 Å². The molecule has 0 saturated heterocycles. The van der Waals surface area contributed by atoms with Crippen molar-refractivity contribution in [1.29, 1.82) is 0 Å². The van der Waals surface area contributed by atoms with Crippen molar-refractivity contribution < 1.29 is 4.79 Å². The lowest BCUT2D eigenvalue weighted by atomic mass is 10.1. The highest BCUT2D eigenvalue weighted by atomic mass is 35.5. The first-order valence-electron chi connectivity index (χ1n) is 8.78. The molecule has 0 fully saturated rings. The summed E-state index contributed by atoms with van der Waals surface area (Å²) in [6, 6.07) is 18.7. The summed E-state index contributed by atoms with van der Waals surface area (Å²) in [6.07, 6.45) is 2.56. The standard InChI is InChI=1S/C22H17Cl2N3O/c1-14-7-8-20-25-19(9-15-5-3-2-4-6-15)21(27(20)13-14)26-22(28)16-10-17(23)12-18(24)11-16/h2-8,10-13H,9H2,1H3,(H,26,28). The molecule has 0 aliphatic heterocycles. The Kier molecular flexibility index (Phi) is 5.07. The summed E-state index contributed by atoms with van der Waals surface area (Å²) >= 11 is 12.1. The molecule has 0 unspecified atom stereocenters. The van der Waals surface area contributed by atoms with E-state index in [2.05, 4.69) is 5.32 Å². The molecule has 140 valence electrons. The number of anilines is 1. The van der Waals surface area contributed by atoms with Crippen molar-refractivity contribution in [2.45, 2.75) is 13.3 Å². The Hall–Kier alpha value is -2.82. The van der Waals surface area contributed by atoms with Crippen LogP contribution in [-0.4, -0.2) is 15.3 Å². The van der Waals surface area contributed by atoms with E-state index in [1.807, 2.05) is 60.0 Å². The summed E-state index contributed by atoms with van der Waals surface area (Å²) in [7, 11) is 0. The number of hydrogen-bond acceptors (Lipinski definition) is 2. The lowest BCUT2D eigenvalue weighted by Crippen LogP contribution is -2.15. The highest BCUT2D eigenvalue weighted by molar-refractivity contribution is 6.35. The molecule has 1 amide bonds. The predicted molar refractivity (Wildman–Crippen MR) is 114 cm³/mol. The summed E-state index contributed by atoms with van der Waals surface area (Å²) in [6.45, 7) is 2.00. The monoisotopic (exact) mass is 409 g/mol. The third-order valence-corrected chi connectivity index (χ3v) is 4.85. The number of carbonyl (C=O) groups is 1. The van der Waals surface area contributed by atoms with E-state index in [0.717, 1.165) is 22.5 Å². The van der Waals surface area contributed by atoms with Crippen molar-refractivity contribution in [3.8, 4) is 0 Å². The van der Waals surface area contributed by atoms with Gasteiger partial charge in [-0.3, -0.25) is 9.20 Å². The van der Waals surface area contributed by atoms with Crippen LogP contribution < -0.4 is 5.32 Å². The number of carbonyl (C=O) groups excluding carboxylic acids is 1. The second-order valence-corrected chi connectivity index (χ2v) is 7.49. The summed E-state index contributed by atoms with van der Waals surface area (Å²) < 4.78 is 1.90. The smallest absolute Gasteiger partial charge is 0.256 e. The zero-order valence-corrected chi connectivity index (χ0v) is 16.6. The fraction of sp³-hybridized carbons (Fsp3) is 0.0909. The van der Waals surface area contributed by atoms with E-state index in [0.29, 0.717) is 27.8 Å². The second kappa shape index (κ2) is 7.66. The van der Waals surface area contributed by atoms with Gasteiger partial charge in [0, 0.05) is 28.2 Å². The number of aryl methyl sites for hydroxylation is 1. The third kappa shape index (κ3) is 3.88. The summed E-state index contributed by atoms with van der Waals surface area (Å²) in [5.41, 5.74) is 4.14. The fourth-order valence-corrected chi connectivity index (χ4v) is 3.64. The van der Waals surface area contributed by atoms with Gasteiger partial charge in [-0.15, -0.1) is 0 Å². The second-order valence-electron chi connectivity index (χ2n) is 6.62. The van der Waals surface area contributed by atoms with E-state index in [9.17, 15) is 4.79 Å². The van der Waals surface area contributed by atoms with E-state index < -0.39 is 0 Å². The first kappa shape index (κ1) is 18.5. The quantitative estimate of drug-likeness (QED) is 0.463. The van der Waals surface area contributed by atoms with Crippen molar-refractivity contribution in [3.05, 3.63) is 99.3 Å². The molecule has 0 aliphatic rings. The fourth-order valence-electron chi connectivity index (χ4n) is 3.11. The number of aromatic nitrogens is 2. The number of amides is 1. The zero-order chi connectivity index (χ0) is 19.7. The lowest BCUT2D eigenvalue weighted by Gasteiger charge is -2.09. The number of rotatable bonds is 4. The summed E-state index contributed by atoms with van der Waals surface area (Å²) in [4.78, 5) is 17.6. The van der Waals surface area contributed by atoms with Crippen LogP contribution >= 0.6 is 23.2 Å². The molecule has 0 bridgehead atoms. The summed E-state index contributed by atoms with van der Waals surface area (Å²) in [5.74, 6) is 0.352. The van der Waals surface area contributed by atoms with Gasteiger partial charge in [0.15, 0.2) is 0 Å². The van der Waals surface area contributed by atoms with Gasteiger partial charge >= 0.3 is 0 Å². The van der Waals surface area contributed by atoms with Gasteiger partial charge in [-0.05, 0) is 42.3 Å². The van der Waals surface area contributed by atoms with Crippen molar-refractivity contribution in [1.82, 2.24) is 9.38 Å². The number of benzene rings is 2. The summed E-state index contributed by atoms with van der Waals surface area (Å²) in [5, 5.41) is 3.82. The number of nitrogens with zero attached hydrogens (tertiary/aromatic N) is 2. The van der Waals surface area contributed by atoms with Gasteiger partial charge in [-0.25, -0.2) is 4.98 Å². The molecule has 0 radical (unpaired) electrons. The van der Waals surface area contributed by atoms with Crippen LogP contribution in [0.5, 0.6) is 0 Å². The van der Waals surface area contributed by atoms with Gasteiger partial charge in [-0.1, -0.05) is 59.6 Å². The minimum atomic E-state index is -0.290. The van der Waals surface area contributed by atoms with Gasteiger partial charge in [0.2, 0.25) is 0 Å². The first-order chi connectivity index (χ1) is 13.5. The molecular formula is C22H17Cl2N3O.